The Morgan fingerprint density at radius 2 is 2.23 bits per heavy atom. The first-order valence-electron chi connectivity index (χ1n) is 4.32. The number of nitrogens with zero attached hydrogens (tertiary/aromatic N) is 1. The predicted octanol–water partition coefficient (Wildman–Crippen LogP) is 2.05. The van der Waals surface area contributed by atoms with Gasteiger partial charge in [0.05, 0.1) is 0 Å². The Labute approximate surface area is 80.0 Å². The molecular weight excluding hydrogens is 162 g/mol. The van der Waals surface area contributed by atoms with E-state index in [0.717, 1.165) is 6.42 Å². The summed E-state index contributed by atoms with van der Waals surface area (Å²) in [6, 6.07) is 3.94. The summed E-state index contributed by atoms with van der Waals surface area (Å²) in [5, 5.41) is 8.78. The van der Waals surface area contributed by atoms with E-state index in [0.29, 0.717) is 5.92 Å². The van der Waals surface area contributed by atoms with Crippen molar-refractivity contribution in [2.24, 2.45) is 5.92 Å². The van der Waals surface area contributed by atoms with Crippen molar-refractivity contribution >= 4 is 0 Å². The fourth-order valence-corrected chi connectivity index (χ4v) is 0.986. The van der Waals surface area contributed by atoms with Gasteiger partial charge in [0.2, 0.25) is 0 Å². The Kier molecular flexibility index (Phi) is 6.83. The van der Waals surface area contributed by atoms with Crippen LogP contribution in [0.1, 0.15) is 12.5 Å². The van der Waals surface area contributed by atoms with Crippen molar-refractivity contribution in [3.05, 3.63) is 43.2 Å². The first-order valence-corrected chi connectivity index (χ1v) is 4.32. The lowest BCUT2D eigenvalue weighted by Crippen LogP contribution is -2.04. The van der Waals surface area contributed by atoms with Crippen molar-refractivity contribution in [3.63, 3.8) is 0 Å². The normalized spacial score (nSPS) is 11.2. The zero-order valence-electron chi connectivity index (χ0n) is 8.11. The van der Waals surface area contributed by atoms with Crippen molar-refractivity contribution in [3.8, 4) is 0 Å². The average Bonchev–Trinajstić information content (AvgIpc) is 2.22. The van der Waals surface area contributed by atoms with Crippen LogP contribution in [0.25, 0.3) is 0 Å². The second kappa shape index (κ2) is 7.50. The molecule has 72 valence electrons. The maximum Gasteiger partial charge on any atom is 0.0459 e. The highest BCUT2D eigenvalue weighted by molar-refractivity contribution is 5.08. The van der Waals surface area contributed by atoms with E-state index in [1.807, 2.05) is 25.3 Å². The SMILES string of the molecule is C=C.CC(CO)Cc1cccnc1. The summed E-state index contributed by atoms with van der Waals surface area (Å²) in [4.78, 5) is 3.99. The molecule has 2 nitrogen and oxygen atoms in total. The highest BCUT2D eigenvalue weighted by Gasteiger charge is 2.00. The Morgan fingerprint density at radius 1 is 1.54 bits per heavy atom. The largest absolute Gasteiger partial charge is 0.396 e. The summed E-state index contributed by atoms with van der Waals surface area (Å²) in [7, 11) is 0. The number of aliphatic hydroxyl groups is 1. The standard InChI is InChI=1S/C9H13NO.C2H4/c1-8(7-11)5-9-3-2-4-10-6-9;1-2/h2-4,6,8,11H,5,7H2,1H3;1-2H2. The number of hydrogen-bond acceptors (Lipinski definition) is 2. The molecule has 1 rings (SSSR count). The van der Waals surface area contributed by atoms with Crippen LogP contribution < -0.4 is 0 Å². The second-order valence-corrected chi connectivity index (χ2v) is 2.85. The van der Waals surface area contributed by atoms with Crippen LogP contribution in [0.15, 0.2) is 37.7 Å². The monoisotopic (exact) mass is 179 g/mol. The van der Waals surface area contributed by atoms with Crippen molar-refractivity contribution in [2.75, 3.05) is 6.61 Å². The van der Waals surface area contributed by atoms with Crippen molar-refractivity contribution < 1.29 is 5.11 Å². The fourth-order valence-electron chi connectivity index (χ4n) is 0.986. The lowest BCUT2D eigenvalue weighted by Gasteiger charge is -2.05. The predicted molar refractivity (Wildman–Crippen MR) is 55.4 cm³/mol. The topological polar surface area (TPSA) is 33.1 Å². The van der Waals surface area contributed by atoms with Crippen LogP contribution in [0, 0.1) is 5.92 Å². The molecule has 13 heavy (non-hydrogen) atoms. The van der Waals surface area contributed by atoms with E-state index in [4.69, 9.17) is 5.11 Å². The van der Waals surface area contributed by atoms with Gasteiger partial charge in [0.1, 0.15) is 0 Å². The third-order valence-corrected chi connectivity index (χ3v) is 1.62. The van der Waals surface area contributed by atoms with Gasteiger partial charge < -0.3 is 5.11 Å². The van der Waals surface area contributed by atoms with Gasteiger partial charge >= 0.3 is 0 Å². The molecule has 0 aromatic carbocycles. The summed E-state index contributed by atoms with van der Waals surface area (Å²) in [6.07, 6.45) is 4.50. The minimum Gasteiger partial charge on any atom is -0.396 e. The van der Waals surface area contributed by atoms with Crippen molar-refractivity contribution in [1.29, 1.82) is 0 Å². The minimum absolute atomic E-state index is 0.245. The van der Waals surface area contributed by atoms with Gasteiger partial charge in [-0.2, -0.15) is 0 Å². The fraction of sp³-hybridized carbons (Fsp3) is 0.364. The van der Waals surface area contributed by atoms with E-state index in [-0.39, 0.29) is 6.61 Å². The van der Waals surface area contributed by atoms with Gasteiger partial charge in [-0.05, 0) is 24.0 Å². The van der Waals surface area contributed by atoms with Gasteiger partial charge in [-0.25, -0.2) is 0 Å². The van der Waals surface area contributed by atoms with Crippen molar-refractivity contribution in [2.45, 2.75) is 13.3 Å². The quantitative estimate of drug-likeness (QED) is 0.720. The van der Waals surface area contributed by atoms with Gasteiger partial charge in [-0.3, -0.25) is 4.98 Å². The van der Waals surface area contributed by atoms with Crippen molar-refractivity contribution in [1.82, 2.24) is 4.98 Å². The molecule has 0 fully saturated rings. The molecule has 0 aliphatic carbocycles. The zero-order valence-corrected chi connectivity index (χ0v) is 8.11. The smallest absolute Gasteiger partial charge is 0.0459 e. The summed E-state index contributed by atoms with van der Waals surface area (Å²) in [5.41, 5.74) is 1.19. The van der Waals surface area contributed by atoms with Crippen LogP contribution in [0.5, 0.6) is 0 Å². The first kappa shape index (κ1) is 11.8. The molecule has 0 amide bonds. The van der Waals surface area contributed by atoms with Crippen LogP contribution in [0.2, 0.25) is 0 Å². The molecular formula is C11H17NO. The second-order valence-electron chi connectivity index (χ2n) is 2.85. The Balaban J connectivity index is 0.000000671. The van der Waals surface area contributed by atoms with Gasteiger partial charge in [0.15, 0.2) is 0 Å². The molecule has 1 aromatic heterocycles. The van der Waals surface area contributed by atoms with Gasteiger partial charge in [0.25, 0.3) is 0 Å². The third-order valence-electron chi connectivity index (χ3n) is 1.62. The number of aliphatic hydroxyl groups excluding tert-OH is 1. The Morgan fingerprint density at radius 3 is 2.69 bits per heavy atom. The Hall–Kier alpha value is -1.15. The highest BCUT2D eigenvalue weighted by atomic mass is 16.3. The number of hydrogen-bond donors (Lipinski definition) is 1. The molecule has 1 unspecified atom stereocenters. The number of pyridine rings is 1. The highest BCUT2D eigenvalue weighted by Crippen LogP contribution is 2.05. The molecule has 1 aromatic rings. The molecule has 1 N–H and O–H groups in total. The van der Waals surface area contributed by atoms with Gasteiger partial charge in [0, 0.05) is 19.0 Å². The summed E-state index contributed by atoms with van der Waals surface area (Å²) < 4.78 is 0. The molecule has 0 saturated carbocycles. The van der Waals surface area contributed by atoms with Crippen LogP contribution in [0.3, 0.4) is 0 Å². The summed E-state index contributed by atoms with van der Waals surface area (Å²) in [6.45, 7) is 8.27. The zero-order chi connectivity index (χ0) is 10.1. The van der Waals surface area contributed by atoms with E-state index < -0.39 is 0 Å². The van der Waals surface area contributed by atoms with E-state index in [9.17, 15) is 0 Å². The molecule has 0 bridgehead atoms. The lowest BCUT2D eigenvalue weighted by atomic mass is 10.0. The van der Waals surface area contributed by atoms with E-state index >= 15 is 0 Å². The van der Waals surface area contributed by atoms with Crippen LogP contribution in [-0.2, 0) is 6.42 Å². The van der Waals surface area contributed by atoms with Crippen LogP contribution in [-0.4, -0.2) is 16.7 Å². The molecule has 0 spiro atoms. The molecule has 0 saturated heterocycles. The first-order chi connectivity index (χ1) is 6.33. The molecule has 0 aliphatic rings. The summed E-state index contributed by atoms with van der Waals surface area (Å²) >= 11 is 0. The van der Waals surface area contributed by atoms with E-state index in [1.165, 1.54) is 5.56 Å². The molecule has 1 atom stereocenters. The van der Waals surface area contributed by atoms with Gasteiger partial charge in [-0.15, -0.1) is 13.2 Å². The van der Waals surface area contributed by atoms with E-state index in [1.54, 1.807) is 6.20 Å². The molecule has 0 radical (unpaired) electrons. The molecule has 2 heteroatoms. The Bertz CT molecular complexity index is 211. The molecule has 1 heterocycles. The van der Waals surface area contributed by atoms with E-state index in [2.05, 4.69) is 18.1 Å². The minimum atomic E-state index is 0.245. The third kappa shape index (κ3) is 5.15. The van der Waals surface area contributed by atoms with Crippen LogP contribution >= 0.6 is 0 Å². The average molecular weight is 179 g/mol. The van der Waals surface area contributed by atoms with Crippen LogP contribution in [0.4, 0.5) is 0 Å². The maximum atomic E-state index is 8.78. The molecule has 0 aliphatic heterocycles. The number of rotatable bonds is 3. The number of aromatic nitrogens is 1. The maximum absolute atomic E-state index is 8.78. The van der Waals surface area contributed by atoms with Gasteiger partial charge in [-0.1, -0.05) is 13.0 Å². The lowest BCUT2D eigenvalue weighted by molar-refractivity contribution is 0.237. The summed E-state index contributed by atoms with van der Waals surface area (Å²) in [5.74, 6) is 0.333.